The number of amides is 1. The highest BCUT2D eigenvalue weighted by molar-refractivity contribution is 6.31. The fourth-order valence-electron chi connectivity index (χ4n) is 6.96. The Kier molecular flexibility index (Phi) is 8.06. The molecule has 0 unspecified atom stereocenters. The molecule has 1 N–H and O–H groups in total. The summed E-state index contributed by atoms with van der Waals surface area (Å²) in [6, 6.07) is 15.9. The van der Waals surface area contributed by atoms with Gasteiger partial charge in [0.2, 0.25) is 0 Å². The van der Waals surface area contributed by atoms with E-state index in [-0.39, 0.29) is 17.0 Å². The lowest BCUT2D eigenvalue weighted by Crippen LogP contribution is -2.45. The zero-order chi connectivity index (χ0) is 28.5. The highest BCUT2D eigenvalue weighted by atomic mass is 35.5. The summed E-state index contributed by atoms with van der Waals surface area (Å²) in [5.74, 6) is 1.35. The van der Waals surface area contributed by atoms with Crippen LogP contribution in [0.4, 0.5) is 5.69 Å². The molecule has 1 saturated heterocycles. The van der Waals surface area contributed by atoms with E-state index in [0.29, 0.717) is 33.9 Å². The van der Waals surface area contributed by atoms with Gasteiger partial charge in [-0.3, -0.25) is 4.79 Å². The third-order valence-electron chi connectivity index (χ3n) is 9.23. The van der Waals surface area contributed by atoms with E-state index in [4.69, 9.17) is 21.6 Å². The van der Waals surface area contributed by atoms with E-state index in [1.165, 1.54) is 18.5 Å². The van der Waals surface area contributed by atoms with Crippen LogP contribution in [0, 0.1) is 17.2 Å². The molecule has 2 aromatic carbocycles. The summed E-state index contributed by atoms with van der Waals surface area (Å²) in [4.78, 5) is 18.1. The lowest BCUT2D eigenvalue weighted by Gasteiger charge is -2.38. The fourth-order valence-corrected chi connectivity index (χ4v) is 7.17. The van der Waals surface area contributed by atoms with Crippen molar-refractivity contribution in [2.24, 2.45) is 5.92 Å². The minimum atomic E-state index is -0.294. The van der Waals surface area contributed by atoms with Crippen LogP contribution in [0.2, 0.25) is 5.02 Å². The van der Waals surface area contributed by atoms with Crippen LogP contribution in [0.15, 0.2) is 54.7 Å². The number of allylic oxidation sites excluding steroid dienone is 1. The molecule has 3 aliphatic rings. The Bertz CT molecular complexity index is 1280. The minimum absolute atomic E-state index is 0.0158. The molecule has 40 heavy (non-hydrogen) atoms. The molecular weight excluding hydrogens is 520 g/mol. The van der Waals surface area contributed by atoms with E-state index in [9.17, 15) is 4.79 Å². The van der Waals surface area contributed by atoms with E-state index in [1.807, 2.05) is 18.2 Å². The molecule has 0 spiro atoms. The lowest BCUT2D eigenvalue weighted by molar-refractivity contribution is 0.0803. The Hall–Kier alpha value is -3.17. The zero-order valence-electron chi connectivity index (χ0n) is 24.0. The van der Waals surface area contributed by atoms with Crippen LogP contribution in [0.5, 0.6) is 5.75 Å². The first-order valence-corrected chi connectivity index (χ1v) is 15.0. The van der Waals surface area contributed by atoms with E-state index < -0.39 is 0 Å². The van der Waals surface area contributed by atoms with Crippen molar-refractivity contribution < 1.29 is 9.53 Å². The largest absolute Gasteiger partial charge is 0.487 e. The average Bonchev–Trinajstić information content (AvgIpc) is 3.47. The number of piperidine rings is 1. The van der Waals surface area contributed by atoms with Gasteiger partial charge in [0.1, 0.15) is 17.4 Å². The molecule has 0 aromatic heterocycles. The molecule has 3 fully saturated rings. The highest BCUT2D eigenvalue weighted by Gasteiger charge is 2.56. The van der Waals surface area contributed by atoms with Crippen molar-refractivity contribution in [3.8, 4) is 11.8 Å². The Morgan fingerprint density at radius 1 is 1.18 bits per heavy atom. The number of anilines is 1. The van der Waals surface area contributed by atoms with Crippen molar-refractivity contribution in [1.29, 1.82) is 5.26 Å². The van der Waals surface area contributed by atoms with Gasteiger partial charge in [0.05, 0.1) is 10.6 Å². The van der Waals surface area contributed by atoms with Gasteiger partial charge in [-0.1, -0.05) is 18.2 Å². The van der Waals surface area contributed by atoms with Gasteiger partial charge >= 0.3 is 0 Å². The van der Waals surface area contributed by atoms with Crippen molar-refractivity contribution in [1.82, 2.24) is 10.2 Å². The number of carbonyl (C=O) groups excluding carboxylic acids is 1. The van der Waals surface area contributed by atoms with Crippen LogP contribution in [-0.4, -0.2) is 47.6 Å². The van der Waals surface area contributed by atoms with Gasteiger partial charge in [-0.25, -0.2) is 0 Å². The SMILES string of the molecule is C=C(C)N(CC1CCN(c2ccc(C(=O)NC34CCC(Oc5ccc(C#N)c(Cl)c5)(CC3)C4)cc2)CC1)C(C)C. The summed E-state index contributed by atoms with van der Waals surface area (Å²) in [7, 11) is 0. The number of fused-ring (bicyclic) bond motifs is 2. The standard InChI is InChI=1S/C33H41ClN4O2/c1-23(2)38(24(3)4)21-25-11-17-37(18-12-25)28-8-5-26(6-9-28)31(39)36-32-13-15-33(22-32,16-14-32)40-29-10-7-27(20-35)30(34)19-29/h5-10,19,24-25H,1,11-18,21-22H2,2-4H3,(H,36,39). The Balaban J connectivity index is 1.14. The molecule has 2 bridgehead atoms. The number of benzene rings is 2. The van der Waals surface area contributed by atoms with Crippen LogP contribution in [0.3, 0.4) is 0 Å². The zero-order valence-corrected chi connectivity index (χ0v) is 24.8. The molecule has 5 rings (SSSR count). The maximum atomic E-state index is 13.3. The average molecular weight is 561 g/mol. The molecule has 1 heterocycles. The topological polar surface area (TPSA) is 68.6 Å². The number of nitriles is 1. The molecule has 0 radical (unpaired) electrons. The van der Waals surface area contributed by atoms with Crippen LogP contribution in [0.1, 0.15) is 81.6 Å². The Labute approximate surface area is 243 Å². The monoisotopic (exact) mass is 560 g/mol. The first-order valence-electron chi connectivity index (χ1n) is 14.6. The molecule has 1 aliphatic heterocycles. The van der Waals surface area contributed by atoms with E-state index in [2.05, 4.69) is 60.7 Å². The molecule has 2 aromatic rings. The van der Waals surface area contributed by atoms with E-state index in [1.54, 1.807) is 12.1 Å². The second-order valence-electron chi connectivity index (χ2n) is 12.4. The molecule has 2 aliphatic carbocycles. The summed E-state index contributed by atoms with van der Waals surface area (Å²) < 4.78 is 6.42. The second-order valence-corrected chi connectivity index (χ2v) is 12.8. The molecule has 2 saturated carbocycles. The second kappa shape index (κ2) is 11.4. The summed E-state index contributed by atoms with van der Waals surface area (Å²) in [6.45, 7) is 13.9. The normalized spacial score (nSPS) is 24.1. The number of rotatable bonds is 9. The van der Waals surface area contributed by atoms with Crippen molar-refractivity contribution in [2.75, 3.05) is 24.5 Å². The number of hydrogen-bond acceptors (Lipinski definition) is 5. The fraction of sp³-hybridized carbons (Fsp3) is 0.515. The van der Waals surface area contributed by atoms with Gasteiger partial charge in [-0.05, 0) is 102 Å². The number of nitrogens with zero attached hydrogens (tertiary/aromatic N) is 3. The van der Waals surface area contributed by atoms with Crippen LogP contribution >= 0.6 is 11.6 Å². The highest BCUT2D eigenvalue weighted by Crippen LogP contribution is 2.53. The first-order chi connectivity index (χ1) is 19.1. The van der Waals surface area contributed by atoms with Crippen LogP contribution in [-0.2, 0) is 0 Å². The van der Waals surface area contributed by atoms with Crippen LogP contribution < -0.4 is 15.0 Å². The molecular formula is C33H41ClN4O2. The van der Waals surface area contributed by atoms with Crippen molar-refractivity contribution in [2.45, 2.75) is 82.9 Å². The van der Waals surface area contributed by atoms with Gasteiger partial charge < -0.3 is 19.9 Å². The van der Waals surface area contributed by atoms with Crippen molar-refractivity contribution >= 4 is 23.2 Å². The van der Waals surface area contributed by atoms with Crippen LogP contribution in [0.25, 0.3) is 0 Å². The number of ether oxygens (including phenoxy) is 1. The molecule has 6 nitrogen and oxygen atoms in total. The predicted octanol–water partition coefficient (Wildman–Crippen LogP) is 6.94. The van der Waals surface area contributed by atoms with E-state index in [0.717, 1.165) is 57.4 Å². The molecule has 1 amide bonds. The lowest BCUT2D eigenvalue weighted by atomic mass is 9.92. The van der Waals surface area contributed by atoms with Crippen molar-refractivity contribution in [3.63, 3.8) is 0 Å². The number of halogens is 1. The van der Waals surface area contributed by atoms with Gasteiger partial charge in [0.15, 0.2) is 0 Å². The molecule has 0 atom stereocenters. The smallest absolute Gasteiger partial charge is 0.251 e. The Morgan fingerprint density at radius 3 is 2.42 bits per heavy atom. The minimum Gasteiger partial charge on any atom is -0.487 e. The molecule has 212 valence electrons. The van der Waals surface area contributed by atoms with Gasteiger partial charge in [0, 0.05) is 60.7 Å². The van der Waals surface area contributed by atoms with Gasteiger partial charge in [-0.15, -0.1) is 0 Å². The van der Waals surface area contributed by atoms with Gasteiger partial charge in [0.25, 0.3) is 5.91 Å². The van der Waals surface area contributed by atoms with E-state index >= 15 is 0 Å². The predicted molar refractivity (Wildman–Crippen MR) is 161 cm³/mol. The summed E-state index contributed by atoms with van der Waals surface area (Å²) in [5, 5.41) is 12.9. The summed E-state index contributed by atoms with van der Waals surface area (Å²) in [6.07, 6.45) is 6.70. The number of hydrogen-bond donors (Lipinski definition) is 1. The maximum Gasteiger partial charge on any atom is 0.251 e. The third kappa shape index (κ3) is 5.95. The first kappa shape index (κ1) is 28.4. The Morgan fingerprint density at radius 2 is 1.85 bits per heavy atom. The number of nitrogens with one attached hydrogen (secondary N) is 1. The summed E-state index contributed by atoms with van der Waals surface area (Å²) >= 11 is 6.22. The van der Waals surface area contributed by atoms with Crippen molar-refractivity contribution in [3.05, 3.63) is 70.9 Å². The number of carbonyl (C=O) groups is 1. The third-order valence-corrected chi connectivity index (χ3v) is 9.54. The molecule has 7 heteroatoms. The van der Waals surface area contributed by atoms with Gasteiger partial charge in [-0.2, -0.15) is 5.26 Å². The quantitative estimate of drug-likeness (QED) is 0.360. The maximum absolute atomic E-state index is 13.3. The summed E-state index contributed by atoms with van der Waals surface area (Å²) in [5.41, 5.74) is 2.95.